The zero-order valence-electron chi connectivity index (χ0n) is 12.1. The number of unbranched alkanes of at least 4 members (excludes halogenated alkanes) is 1. The fourth-order valence-electron chi connectivity index (χ4n) is 1.98. The van der Waals surface area contributed by atoms with E-state index in [-0.39, 0.29) is 0 Å². The summed E-state index contributed by atoms with van der Waals surface area (Å²) >= 11 is 6.20. The number of nitrogens with zero attached hydrogens (tertiary/aromatic N) is 4. The molecule has 0 aliphatic carbocycles. The third-order valence-corrected chi connectivity index (χ3v) is 3.42. The molecule has 0 amide bonds. The standard InChI is InChI=1S/C14H20ClN5O/c1-2-3-9-21-10-5-8-20-14(17-18-19-20)13-11(15)6-4-7-12(13)16/h4,6-7H,2-3,5,8-10,16H2,1H3. The van der Waals surface area contributed by atoms with E-state index in [2.05, 4.69) is 22.4 Å². The Kier molecular flexibility index (Phi) is 5.95. The highest BCUT2D eigenvalue weighted by atomic mass is 35.5. The maximum atomic E-state index is 6.20. The minimum atomic E-state index is 0.547. The van der Waals surface area contributed by atoms with Gasteiger partial charge in [-0.1, -0.05) is 31.0 Å². The van der Waals surface area contributed by atoms with Crippen LogP contribution in [0.4, 0.5) is 5.69 Å². The molecule has 114 valence electrons. The monoisotopic (exact) mass is 309 g/mol. The highest BCUT2D eigenvalue weighted by Crippen LogP contribution is 2.31. The fraction of sp³-hybridized carbons (Fsp3) is 0.500. The molecule has 1 aromatic heterocycles. The number of aryl methyl sites for hydroxylation is 1. The van der Waals surface area contributed by atoms with E-state index in [0.717, 1.165) is 25.9 Å². The minimum Gasteiger partial charge on any atom is -0.398 e. The van der Waals surface area contributed by atoms with Crippen molar-refractivity contribution in [1.29, 1.82) is 0 Å². The molecule has 0 aliphatic rings. The number of benzene rings is 1. The van der Waals surface area contributed by atoms with Crippen molar-refractivity contribution in [2.45, 2.75) is 32.7 Å². The molecule has 0 aliphatic heterocycles. The zero-order chi connectivity index (χ0) is 15.1. The molecule has 0 fully saturated rings. The number of nitrogens with two attached hydrogens (primary N) is 1. The first-order chi connectivity index (χ1) is 10.2. The van der Waals surface area contributed by atoms with Crippen LogP contribution in [-0.4, -0.2) is 33.4 Å². The molecule has 0 spiro atoms. The van der Waals surface area contributed by atoms with E-state index >= 15 is 0 Å². The van der Waals surface area contributed by atoms with E-state index in [4.69, 9.17) is 22.1 Å². The third-order valence-electron chi connectivity index (χ3n) is 3.10. The van der Waals surface area contributed by atoms with Crippen LogP contribution >= 0.6 is 11.6 Å². The molecular weight excluding hydrogens is 290 g/mol. The molecule has 0 atom stereocenters. The molecule has 0 saturated heterocycles. The second kappa shape index (κ2) is 7.95. The summed E-state index contributed by atoms with van der Waals surface area (Å²) in [6.45, 7) is 4.30. The van der Waals surface area contributed by atoms with Crippen LogP contribution in [0.15, 0.2) is 18.2 Å². The van der Waals surface area contributed by atoms with E-state index in [1.54, 1.807) is 22.9 Å². The predicted molar refractivity (Wildman–Crippen MR) is 83.0 cm³/mol. The fourth-order valence-corrected chi connectivity index (χ4v) is 2.24. The summed E-state index contributed by atoms with van der Waals surface area (Å²) in [7, 11) is 0. The number of tetrazole rings is 1. The molecule has 1 heterocycles. The molecule has 21 heavy (non-hydrogen) atoms. The molecular formula is C14H20ClN5O. The van der Waals surface area contributed by atoms with Gasteiger partial charge in [0.25, 0.3) is 0 Å². The van der Waals surface area contributed by atoms with Crippen molar-refractivity contribution in [3.63, 3.8) is 0 Å². The van der Waals surface area contributed by atoms with Gasteiger partial charge < -0.3 is 10.5 Å². The van der Waals surface area contributed by atoms with Gasteiger partial charge in [0, 0.05) is 25.4 Å². The van der Waals surface area contributed by atoms with Gasteiger partial charge in [-0.2, -0.15) is 0 Å². The van der Waals surface area contributed by atoms with E-state index in [1.165, 1.54) is 0 Å². The van der Waals surface area contributed by atoms with Crippen LogP contribution in [-0.2, 0) is 11.3 Å². The van der Waals surface area contributed by atoms with E-state index in [0.29, 0.717) is 35.2 Å². The highest BCUT2D eigenvalue weighted by Gasteiger charge is 2.15. The molecule has 6 nitrogen and oxygen atoms in total. The van der Waals surface area contributed by atoms with Crippen LogP contribution in [0.5, 0.6) is 0 Å². The second-order valence-electron chi connectivity index (χ2n) is 4.75. The molecule has 1 aromatic carbocycles. The average molecular weight is 310 g/mol. The lowest BCUT2D eigenvalue weighted by Gasteiger charge is -2.08. The van der Waals surface area contributed by atoms with Gasteiger partial charge in [-0.05, 0) is 35.4 Å². The third kappa shape index (κ3) is 4.15. The van der Waals surface area contributed by atoms with Gasteiger partial charge in [-0.15, -0.1) is 5.10 Å². The van der Waals surface area contributed by atoms with Crippen molar-refractivity contribution in [2.24, 2.45) is 0 Å². The van der Waals surface area contributed by atoms with Gasteiger partial charge in [-0.25, -0.2) is 4.68 Å². The Labute approximate surface area is 129 Å². The van der Waals surface area contributed by atoms with Gasteiger partial charge in [-0.3, -0.25) is 0 Å². The molecule has 2 rings (SSSR count). The Bertz CT molecular complexity index is 552. The van der Waals surface area contributed by atoms with Crippen molar-refractivity contribution < 1.29 is 4.74 Å². The number of halogens is 1. The van der Waals surface area contributed by atoms with Gasteiger partial charge in [0.15, 0.2) is 5.82 Å². The molecule has 0 radical (unpaired) electrons. The van der Waals surface area contributed by atoms with Crippen LogP contribution in [0, 0.1) is 0 Å². The van der Waals surface area contributed by atoms with Crippen LogP contribution < -0.4 is 5.73 Å². The summed E-state index contributed by atoms with van der Waals surface area (Å²) in [4.78, 5) is 0. The van der Waals surface area contributed by atoms with Crippen molar-refractivity contribution in [3.8, 4) is 11.4 Å². The number of hydrogen-bond donors (Lipinski definition) is 1. The van der Waals surface area contributed by atoms with Crippen LogP contribution in [0.3, 0.4) is 0 Å². The zero-order valence-corrected chi connectivity index (χ0v) is 12.9. The lowest BCUT2D eigenvalue weighted by atomic mass is 10.1. The predicted octanol–water partition coefficient (Wildman–Crippen LogP) is 2.78. The first kappa shape index (κ1) is 15.7. The average Bonchev–Trinajstić information content (AvgIpc) is 2.91. The Balaban J connectivity index is 1.99. The number of aromatic nitrogens is 4. The van der Waals surface area contributed by atoms with E-state index < -0.39 is 0 Å². The van der Waals surface area contributed by atoms with Crippen molar-refractivity contribution in [1.82, 2.24) is 20.2 Å². The SMILES string of the molecule is CCCCOCCCn1nnnc1-c1c(N)cccc1Cl. The maximum absolute atomic E-state index is 6.20. The lowest BCUT2D eigenvalue weighted by molar-refractivity contribution is 0.125. The number of nitrogen functional groups attached to an aromatic ring is 1. The van der Waals surface area contributed by atoms with Gasteiger partial charge in [0.2, 0.25) is 0 Å². The summed E-state index contributed by atoms with van der Waals surface area (Å²) in [6.07, 6.45) is 3.07. The smallest absolute Gasteiger partial charge is 0.185 e. The molecule has 0 bridgehead atoms. The molecule has 7 heteroatoms. The highest BCUT2D eigenvalue weighted by molar-refractivity contribution is 6.33. The topological polar surface area (TPSA) is 78.8 Å². The summed E-state index contributed by atoms with van der Waals surface area (Å²) in [5.41, 5.74) is 7.22. The molecule has 0 unspecified atom stereocenters. The van der Waals surface area contributed by atoms with Crippen LogP contribution in [0.2, 0.25) is 5.02 Å². The van der Waals surface area contributed by atoms with E-state index in [9.17, 15) is 0 Å². The Morgan fingerprint density at radius 1 is 1.29 bits per heavy atom. The quantitative estimate of drug-likeness (QED) is 0.599. The van der Waals surface area contributed by atoms with E-state index in [1.807, 2.05) is 0 Å². The largest absolute Gasteiger partial charge is 0.398 e. The second-order valence-corrected chi connectivity index (χ2v) is 5.16. The first-order valence-corrected chi connectivity index (χ1v) is 7.50. The molecule has 2 N–H and O–H groups in total. The number of anilines is 1. The number of ether oxygens (including phenoxy) is 1. The van der Waals surface area contributed by atoms with Gasteiger partial charge in [0.05, 0.1) is 10.6 Å². The molecule has 0 saturated carbocycles. The normalized spacial score (nSPS) is 11.0. The van der Waals surface area contributed by atoms with Crippen molar-refractivity contribution in [2.75, 3.05) is 18.9 Å². The minimum absolute atomic E-state index is 0.547. The van der Waals surface area contributed by atoms with Gasteiger partial charge >= 0.3 is 0 Å². The Morgan fingerprint density at radius 3 is 2.86 bits per heavy atom. The first-order valence-electron chi connectivity index (χ1n) is 7.12. The van der Waals surface area contributed by atoms with Crippen LogP contribution in [0.1, 0.15) is 26.2 Å². The summed E-state index contributed by atoms with van der Waals surface area (Å²) < 4.78 is 7.24. The van der Waals surface area contributed by atoms with Gasteiger partial charge in [0.1, 0.15) is 0 Å². The summed E-state index contributed by atoms with van der Waals surface area (Å²) in [5, 5.41) is 12.3. The number of rotatable bonds is 8. The summed E-state index contributed by atoms with van der Waals surface area (Å²) in [6, 6.07) is 5.37. The van der Waals surface area contributed by atoms with Crippen molar-refractivity contribution >= 4 is 17.3 Å². The summed E-state index contributed by atoms with van der Waals surface area (Å²) in [5.74, 6) is 0.589. The van der Waals surface area contributed by atoms with Crippen molar-refractivity contribution in [3.05, 3.63) is 23.2 Å². The maximum Gasteiger partial charge on any atom is 0.185 e. The Morgan fingerprint density at radius 2 is 2.10 bits per heavy atom. The number of hydrogen-bond acceptors (Lipinski definition) is 5. The Hall–Kier alpha value is -1.66. The lowest BCUT2D eigenvalue weighted by Crippen LogP contribution is -2.07. The molecule has 2 aromatic rings. The van der Waals surface area contributed by atoms with Crippen LogP contribution in [0.25, 0.3) is 11.4 Å².